The molecule has 0 saturated heterocycles. The first kappa shape index (κ1) is 14.5. The van der Waals surface area contributed by atoms with Crippen LogP contribution in [0.5, 0.6) is 0 Å². The number of amides is 1. The molecule has 0 aliphatic heterocycles. The summed E-state index contributed by atoms with van der Waals surface area (Å²) in [4.78, 5) is 26.4. The van der Waals surface area contributed by atoms with Gasteiger partial charge in [0.25, 0.3) is 11.6 Å². The molecule has 2 aromatic rings. The van der Waals surface area contributed by atoms with Gasteiger partial charge >= 0.3 is 0 Å². The van der Waals surface area contributed by atoms with Crippen LogP contribution in [0.15, 0.2) is 28.8 Å². The third-order valence-electron chi connectivity index (χ3n) is 2.80. The van der Waals surface area contributed by atoms with Crippen molar-refractivity contribution in [3.63, 3.8) is 0 Å². The molecular weight excluding hydrogens is 276 g/mol. The highest BCUT2D eigenvalue weighted by atomic mass is 16.6. The number of hydrogen-bond acceptors (Lipinski definition) is 6. The summed E-state index contributed by atoms with van der Waals surface area (Å²) in [5.41, 5.74) is 0.336. The Balaban J connectivity index is 2.19. The van der Waals surface area contributed by atoms with Crippen molar-refractivity contribution >= 4 is 17.3 Å². The van der Waals surface area contributed by atoms with Gasteiger partial charge in [-0.1, -0.05) is 0 Å². The third-order valence-corrected chi connectivity index (χ3v) is 2.80. The molecule has 1 aromatic carbocycles. The van der Waals surface area contributed by atoms with E-state index >= 15 is 0 Å². The van der Waals surface area contributed by atoms with Gasteiger partial charge in [-0.3, -0.25) is 14.9 Å². The molecule has 0 radical (unpaired) electrons. The maximum atomic E-state index is 12.1. The SMILES string of the molecule is CNc1ccc([N+](=O)[O-])c(C(=O)NCc2ncc(C)o2)c1. The van der Waals surface area contributed by atoms with E-state index in [0.29, 0.717) is 17.3 Å². The zero-order chi connectivity index (χ0) is 15.4. The predicted octanol–water partition coefficient (Wildman–Crippen LogP) is 1.86. The van der Waals surface area contributed by atoms with Crippen LogP contribution in [0.25, 0.3) is 0 Å². The number of aryl methyl sites for hydroxylation is 1. The Bertz CT molecular complexity index is 681. The number of benzene rings is 1. The lowest BCUT2D eigenvalue weighted by molar-refractivity contribution is -0.385. The average Bonchev–Trinajstić information content (AvgIpc) is 2.89. The Hall–Kier alpha value is -2.90. The minimum atomic E-state index is -0.594. The molecule has 0 fully saturated rings. The van der Waals surface area contributed by atoms with Gasteiger partial charge in [0.05, 0.1) is 17.7 Å². The average molecular weight is 290 g/mol. The number of hydrogen-bond donors (Lipinski definition) is 2. The van der Waals surface area contributed by atoms with Crippen molar-refractivity contribution in [1.82, 2.24) is 10.3 Å². The van der Waals surface area contributed by atoms with Crippen LogP contribution >= 0.6 is 0 Å². The molecule has 2 N–H and O–H groups in total. The first-order valence-electron chi connectivity index (χ1n) is 6.17. The lowest BCUT2D eigenvalue weighted by Gasteiger charge is -2.06. The van der Waals surface area contributed by atoms with Crippen LogP contribution in [-0.2, 0) is 6.54 Å². The van der Waals surface area contributed by atoms with E-state index in [4.69, 9.17) is 4.42 Å². The van der Waals surface area contributed by atoms with Gasteiger partial charge in [-0.05, 0) is 19.1 Å². The van der Waals surface area contributed by atoms with Gasteiger partial charge in [-0.2, -0.15) is 0 Å². The Labute approximate surface area is 120 Å². The second-order valence-corrected chi connectivity index (χ2v) is 4.29. The molecule has 0 bridgehead atoms. The number of nitrogens with zero attached hydrogens (tertiary/aromatic N) is 2. The number of nitro groups is 1. The second-order valence-electron chi connectivity index (χ2n) is 4.29. The lowest BCUT2D eigenvalue weighted by Crippen LogP contribution is -2.24. The molecule has 0 aliphatic rings. The summed E-state index contributed by atoms with van der Waals surface area (Å²) in [7, 11) is 1.67. The highest BCUT2D eigenvalue weighted by Crippen LogP contribution is 2.22. The number of nitrogens with one attached hydrogen (secondary N) is 2. The van der Waals surface area contributed by atoms with Gasteiger partial charge in [0, 0.05) is 18.8 Å². The minimum absolute atomic E-state index is 0.0184. The van der Waals surface area contributed by atoms with Gasteiger partial charge in [0.1, 0.15) is 11.3 Å². The van der Waals surface area contributed by atoms with E-state index < -0.39 is 10.8 Å². The number of oxazole rings is 1. The van der Waals surface area contributed by atoms with Crippen molar-refractivity contribution < 1.29 is 14.1 Å². The fourth-order valence-electron chi connectivity index (χ4n) is 1.77. The van der Waals surface area contributed by atoms with E-state index in [0.717, 1.165) is 0 Å². The molecule has 0 unspecified atom stereocenters. The van der Waals surface area contributed by atoms with Crippen molar-refractivity contribution in [2.24, 2.45) is 0 Å². The van der Waals surface area contributed by atoms with E-state index in [9.17, 15) is 14.9 Å². The molecule has 0 aliphatic carbocycles. The second kappa shape index (κ2) is 6.04. The van der Waals surface area contributed by atoms with Gasteiger partial charge in [-0.15, -0.1) is 0 Å². The molecular formula is C13H14N4O4. The normalized spacial score (nSPS) is 10.2. The predicted molar refractivity (Wildman–Crippen MR) is 75.1 cm³/mol. The van der Waals surface area contributed by atoms with Gasteiger partial charge in [-0.25, -0.2) is 4.98 Å². The topological polar surface area (TPSA) is 110 Å². The molecule has 1 heterocycles. The molecule has 0 spiro atoms. The molecule has 110 valence electrons. The molecule has 8 nitrogen and oxygen atoms in total. The van der Waals surface area contributed by atoms with Crippen molar-refractivity contribution in [2.45, 2.75) is 13.5 Å². The van der Waals surface area contributed by atoms with E-state index in [2.05, 4.69) is 15.6 Å². The number of nitro benzene ring substituents is 1. The summed E-state index contributed by atoms with van der Waals surface area (Å²) in [6.07, 6.45) is 1.53. The van der Waals surface area contributed by atoms with Gasteiger partial charge in [0.15, 0.2) is 0 Å². The molecule has 1 amide bonds. The van der Waals surface area contributed by atoms with E-state index in [-0.39, 0.29) is 17.8 Å². The van der Waals surface area contributed by atoms with Crippen molar-refractivity contribution in [1.29, 1.82) is 0 Å². The highest BCUT2D eigenvalue weighted by molar-refractivity contribution is 5.99. The molecule has 8 heteroatoms. The largest absolute Gasteiger partial charge is 0.444 e. The fourth-order valence-corrected chi connectivity index (χ4v) is 1.77. The molecule has 1 aromatic heterocycles. The first-order chi connectivity index (χ1) is 10.0. The third kappa shape index (κ3) is 3.35. The van der Waals surface area contributed by atoms with Crippen LogP contribution in [0.4, 0.5) is 11.4 Å². The Kier molecular flexibility index (Phi) is 4.17. The maximum absolute atomic E-state index is 12.1. The maximum Gasteiger partial charge on any atom is 0.282 e. The van der Waals surface area contributed by atoms with Crippen molar-refractivity contribution in [3.8, 4) is 0 Å². The quantitative estimate of drug-likeness (QED) is 0.642. The summed E-state index contributed by atoms with van der Waals surface area (Å²) >= 11 is 0. The Morgan fingerprint density at radius 1 is 1.48 bits per heavy atom. The molecule has 2 rings (SSSR count). The van der Waals surface area contributed by atoms with Gasteiger partial charge < -0.3 is 15.1 Å². The van der Waals surface area contributed by atoms with Crippen LogP contribution in [-0.4, -0.2) is 22.9 Å². The summed E-state index contributed by atoms with van der Waals surface area (Å²) in [5.74, 6) is 0.408. The minimum Gasteiger partial charge on any atom is -0.444 e. The van der Waals surface area contributed by atoms with E-state index in [1.54, 1.807) is 14.0 Å². The molecule has 21 heavy (non-hydrogen) atoms. The summed E-state index contributed by atoms with van der Waals surface area (Å²) in [5, 5.41) is 16.4. The Morgan fingerprint density at radius 3 is 2.81 bits per heavy atom. The standard InChI is InChI=1S/C13H14N4O4/c1-8-6-15-12(21-8)7-16-13(18)10-5-9(14-2)3-4-11(10)17(19)20/h3-6,14H,7H2,1-2H3,(H,16,18). The van der Waals surface area contributed by atoms with Crippen LogP contribution < -0.4 is 10.6 Å². The monoisotopic (exact) mass is 290 g/mol. The number of carbonyl (C=O) groups is 1. The van der Waals surface area contributed by atoms with E-state index in [1.807, 2.05) is 0 Å². The first-order valence-corrected chi connectivity index (χ1v) is 6.17. The van der Waals surface area contributed by atoms with Crippen LogP contribution in [0, 0.1) is 17.0 Å². The van der Waals surface area contributed by atoms with Crippen LogP contribution in [0.1, 0.15) is 22.0 Å². The smallest absolute Gasteiger partial charge is 0.282 e. The summed E-state index contributed by atoms with van der Waals surface area (Å²) in [6.45, 7) is 1.80. The number of rotatable bonds is 5. The fraction of sp³-hybridized carbons (Fsp3) is 0.231. The van der Waals surface area contributed by atoms with Crippen LogP contribution in [0.3, 0.4) is 0 Å². The number of aromatic nitrogens is 1. The summed E-state index contributed by atoms with van der Waals surface area (Å²) in [6, 6.07) is 4.25. The molecule has 0 saturated carbocycles. The zero-order valence-corrected chi connectivity index (χ0v) is 11.5. The molecule has 0 atom stereocenters. The lowest BCUT2D eigenvalue weighted by atomic mass is 10.1. The van der Waals surface area contributed by atoms with Crippen LogP contribution in [0.2, 0.25) is 0 Å². The van der Waals surface area contributed by atoms with Crippen molar-refractivity contribution in [3.05, 3.63) is 51.7 Å². The van der Waals surface area contributed by atoms with E-state index in [1.165, 1.54) is 24.4 Å². The number of carbonyl (C=O) groups excluding carboxylic acids is 1. The number of anilines is 1. The zero-order valence-electron chi connectivity index (χ0n) is 11.5. The van der Waals surface area contributed by atoms with Crippen molar-refractivity contribution in [2.75, 3.05) is 12.4 Å². The summed E-state index contributed by atoms with van der Waals surface area (Å²) < 4.78 is 5.22. The van der Waals surface area contributed by atoms with Gasteiger partial charge in [0.2, 0.25) is 5.89 Å². The Morgan fingerprint density at radius 2 is 2.24 bits per heavy atom. The highest BCUT2D eigenvalue weighted by Gasteiger charge is 2.20.